The Morgan fingerprint density at radius 1 is 1.35 bits per heavy atom. The fraction of sp³-hybridized carbons (Fsp3) is 0.611. The third kappa shape index (κ3) is 5.19. The zero-order valence-corrected chi connectivity index (χ0v) is 17.5. The average molecular weight is 404 g/mol. The second-order valence-corrected chi connectivity index (χ2v) is 8.73. The van der Waals surface area contributed by atoms with Crippen molar-refractivity contribution < 1.29 is 13.2 Å². The van der Waals surface area contributed by atoms with Gasteiger partial charge in [-0.05, 0) is 58.4 Å². The molecular formula is C18H30ClN3O3S. The molecule has 1 aromatic carbocycles. The van der Waals surface area contributed by atoms with Gasteiger partial charge in [0.05, 0.1) is 4.90 Å². The van der Waals surface area contributed by atoms with E-state index in [1.807, 2.05) is 27.8 Å². The van der Waals surface area contributed by atoms with Crippen molar-refractivity contribution in [3.8, 4) is 0 Å². The van der Waals surface area contributed by atoms with Crippen molar-refractivity contribution in [1.29, 1.82) is 0 Å². The summed E-state index contributed by atoms with van der Waals surface area (Å²) >= 11 is 0. The highest BCUT2D eigenvalue weighted by Gasteiger charge is 2.31. The van der Waals surface area contributed by atoms with Crippen LogP contribution in [0.2, 0.25) is 0 Å². The third-order valence-electron chi connectivity index (χ3n) is 4.86. The highest BCUT2D eigenvalue weighted by molar-refractivity contribution is 7.89. The number of nitrogens with one attached hydrogen (secondary N) is 2. The first-order valence-electron chi connectivity index (χ1n) is 8.85. The number of hydrogen-bond acceptors (Lipinski definition) is 4. The summed E-state index contributed by atoms with van der Waals surface area (Å²) in [7, 11) is -1.75. The summed E-state index contributed by atoms with van der Waals surface area (Å²) < 4.78 is 27.5. The number of rotatable bonds is 6. The number of carbonyl (C=O) groups is 1. The summed E-state index contributed by atoms with van der Waals surface area (Å²) in [4.78, 5) is 12.7. The number of halogens is 1. The first kappa shape index (κ1) is 22.9. The number of piperidine rings is 1. The van der Waals surface area contributed by atoms with Crippen LogP contribution in [0.4, 0.5) is 0 Å². The van der Waals surface area contributed by atoms with E-state index in [4.69, 9.17) is 0 Å². The van der Waals surface area contributed by atoms with Crippen LogP contribution in [-0.2, 0) is 10.0 Å². The van der Waals surface area contributed by atoms with Gasteiger partial charge in [-0.25, -0.2) is 8.42 Å². The van der Waals surface area contributed by atoms with Crippen molar-refractivity contribution in [2.24, 2.45) is 0 Å². The molecule has 1 aliphatic heterocycles. The molecule has 8 heteroatoms. The van der Waals surface area contributed by atoms with Crippen LogP contribution in [0, 0.1) is 6.92 Å². The van der Waals surface area contributed by atoms with Crippen LogP contribution in [-0.4, -0.2) is 50.9 Å². The van der Waals surface area contributed by atoms with Crippen molar-refractivity contribution in [2.45, 2.75) is 57.0 Å². The number of benzene rings is 1. The predicted octanol–water partition coefficient (Wildman–Crippen LogP) is 2.32. The lowest BCUT2D eigenvalue weighted by atomic mass is 10.1. The molecular weight excluding hydrogens is 374 g/mol. The molecule has 0 saturated carbocycles. The minimum absolute atomic E-state index is 0. The van der Waals surface area contributed by atoms with Gasteiger partial charge in [0.25, 0.3) is 5.91 Å². The molecule has 1 aliphatic rings. The van der Waals surface area contributed by atoms with Crippen LogP contribution in [0.25, 0.3) is 0 Å². The number of amides is 1. The summed E-state index contributed by atoms with van der Waals surface area (Å²) in [5, 5.41) is 5.90. The van der Waals surface area contributed by atoms with Crippen molar-refractivity contribution in [3.05, 3.63) is 29.3 Å². The van der Waals surface area contributed by atoms with E-state index in [2.05, 4.69) is 10.6 Å². The normalized spacial score (nSPS) is 19.5. The van der Waals surface area contributed by atoms with Crippen molar-refractivity contribution in [2.75, 3.05) is 20.1 Å². The predicted molar refractivity (Wildman–Crippen MR) is 106 cm³/mol. The van der Waals surface area contributed by atoms with E-state index in [1.54, 1.807) is 16.4 Å². The molecule has 148 valence electrons. The molecule has 2 unspecified atom stereocenters. The van der Waals surface area contributed by atoms with E-state index in [0.29, 0.717) is 18.7 Å². The van der Waals surface area contributed by atoms with Gasteiger partial charge in [0.15, 0.2) is 0 Å². The maximum atomic E-state index is 13.0. The van der Waals surface area contributed by atoms with Gasteiger partial charge >= 0.3 is 0 Å². The lowest BCUT2D eigenvalue weighted by Gasteiger charge is -2.32. The number of carbonyl (C=O) groups excluding carboxylic acids is 1. The second kappa shape index (κ2) is 9.69. The SMILES string of the molecule is CNC(C)CNC(=O)c1cc(S(=O)(=O)N2CCCCC2C)ccc1C.Cl. The Morgan fingerprint density at radius 2 is 2.04 bits per heavy atom. The largest absolute Gasteiger partial charge is 0.350 e. The van der Waals surface area contributed by atoms with Crippen molar-refractivity contribution in [3.63, 3.8) is 0 Å². The van der Waals surface area contributed by atoms with Gasteiger partial charge in [-0.3, -0.25) is 4.79 Å². The standard InChI is InChI=1S/C18H29N3O3S.ClH/c1-13-8-9-16(11-17(13)18(22)20-12-14(2)19-4)25(23,24)21-10-6-5-7-15(21)3;/h8-9,11,14-15,19H,5-7,10,12H2,1-4H3,(H,20,22);1H. The molecule has 1 amide bonds. The van der Waals surface area contributed by atoms with Gasteiger partial charge in [0.2, 0.25) is 10.0 Å². The van der Waals surface area contributed by atoms with Gasteiger partial charge in [-0.1, -0.05) is 12.5 Å². The number of aryl methyl sites for hydroxylation is 1. The van der Waals surface area contributed by atoms with E-state index < -0.39 is 10.0 Å². The van der Waals surface area contributed by atoms with Gasteiger partial charge in [0, 0.05) is 30.7 Å². The van der Waals surface area contributed by atoms with Crippen LogP contribution in [0.5, 0.6) is 0 Å². The van der Waals surface area contributed by atoms with Crippen LogP contribution in [0.3, 0.4) is 0 Å². The Kier molecular flexibility index (Phi) is 8.53. The molecule has 1 heterocycles. The molecule has 1 aromatic rings. The molecule has 0 bridgehead atoms. The van der Waals surface area contributed by atoms with Gasteiger partial charge in [0.1, 0.15) is 0 Å². The first-order chi connectivity index (χ1) is 11.8. The number of nitrogens with zero attached hydrogens (tertiary/aromatic N) is 1. The van der Waals surface area contributed by atoms with E-state index >= 15 is 0 Å². The molecule has 0 aliphatic carbocycles. The summed E-state index contributed by atoms with van der Waals surface area (Å²) in [6.45, 7) is 6.74. The average Bonchev–Trinajstić information content (AvgIpc) is 2.59. The molecule has 0 aromatic heterocycles. The van der Waals surface area contributed by atoms with Gasteiger partial charge in [-0.15, -0.1) is 12.4 Å². The summed E-state index contributed by atoms with van der Waals surface area (Å²) in [6, 6.07) is 4.95. The lowest BCUT2D eigenvalue weighted by Crippen LogP contribution is -2.42. The van der Waals surface area contributed by atoms with Gasteiger partial charge < -0.3 is 10.6 Å². The highest BCUT2D eigenvalue weighted by Crippen LogP contribution is 2.26. The topological polar surface area (TPSA) is 78.5 Å². The minimum atomic E-state index is -3.58. The Balaban J connectivity index is 0.00000338. The zero-order chi connectivity index (χ0) is 18.6. The Bertz CT molecular complexity index is 724. The molecule has 6 nitrogen and oxygen atoms in total. The maximum absolute atomic E-state index is 13.0. The Morgan fingerprint density at radius 3 is 2.65 bits per heavy atom. The minimum Gasteiger partial charge on any atom is -0.350 e. The van der Waals surface area contributed by atoms with Crippen molar-refractivity contribution in [1.82, 2.24) is 14.9 Å². The van der Waals surface area contributed by atoms with Crippen LogP contribution in [0.15, 0.2) is 23.1 Å². The van der Waals surface area contributed by atoms with Crippen LogP contribution >= 0.6 is 12.4 Å². The van der Waals surface area contributed by atoms with Crippen LogP contribution < -0.4 is 10.6 Å². The summed E-state index contributed by atoms with van der Waals surface area (Å²) in [6.07, 6.45) is 2.81. The molecule has 1 fully saturated rings. The van der Waals surface area contributed by atoms with E-state index in [0.717, 1.165) is 24.8 Å². The molecule has 2 N–H and O–H groups in total. The van der Waals surface area contributed by atoms with E-state index in [9.17, 15) is 13.2 Å². The quantitative estimate of drug-likeness (QED) is 0.764. The molecule has 0 spiro atoms. The Labute approximate surface area is 163 Å². The highest BCUT2D eigenvalue weighted by atomic mass is 35.5. The second-order valence-electron chi connectivity index (χ2n) is 6.84. The first-order valence-corrected chi connectivity index (χ1v) is 10.3. The molecule has 1 saturated heterocycles. The molecule has 2 atom stereocenters. The fourth-order valence-corrected chi connectivity index (χ4v) is 4.74. The number of hydrogen-bond donors (Lipinski definition) is 2. The fourth-order valence-electron chi connectivity index (χ4n) is 3.01. The Hall–Kier alpha value is -1.15. The smallest absolute Gasteiger partial charge is 0.251 e. The van der Waals surface area contributed by atoms with Gasteiger partial charge in [-0.2, -0.15) is 4.31 Å². The third-order valence-corrected chi connectivity index (χ3v) is 6.87. The van der Waals surface area contributed by atoms with E-state index in [1.165, 1.54) is 6.07 Å². The van der Waals surface area contributed by atoms with E-state index in [-0.39, 0.29) is 35.3 Å². The summed E-state index contributed by atoms with van der Waals surface area (Å²) in [5.74, 6) is -0.247. The monoisotopic (exact) mass is 403 g/mol. The number of likely N-dealkylation sites (N-methyl/N-ethyl adjacent to an activating group) is 1. The number of sulfonamides is 1. The molecule has 0 radical (unpaired) electrons. The van der Waals surface area contributed by atoms with Crippen molar-refractivity contribution >= 4 is 28.3 Å². The lowest BCUT2D eigenvalue weighted by molar-refractivity contribution is 0.0949. The zero-order valence-electron chi connectivity index (χ0n) is 15.9. The molecule has 26 heavy (non-hydrogen) atoms. The van der Waals surface area contributed by atoms with Crippen LogP contribution in [0.1, 0.15) is 49.0 Å². The summed E-state index contributed by atoms with van der Waals surface area (Å²) in [5.41, 5.74) is 1.18. The molecule has 2 rings (SSSR count). The maximum Gasteiger partial charge on any atom is 0.251 e.